The molecule has 60 valence electrons. The van der Waals surface area contributed by atoms with Gasteiger partial charge in [-0.25, -0.2) is 0 Å². The van der Waals surface area contributed by atoms with E-state index in [1.807, 2.05) is 0 Å². The van der Waals surface area contributed by atoms with Crippen molar-refractivity contribution in [3.63, 3.8) is 0 Å². The van der Waals surface area contributed by atoms with Crippen molar-refractivity contribution in [3.8, 4) is 0 Å². The fourth-order valence-electron chi connectivity index (χ4n) is 3.19. The monoisotopic (exact) mass is 188 g/mol. The van der Waals surface area contributed by atoms with Gasteiger partial charge in [0.2, 0.25) is 0 Å². The highest BCUT2D eigenvalue weighted by Crippen LogP contribution is 2.61. The Bertz CT molecular complexity index is 234. The molecule has 3 aliphatic rings. The summed E-state index contributed by atoms with van der Waals surface area (Å²) in [5.74, 6) is 2.90. The number of halogens is 2. The van der Waals surface area contributed by atoms with Gasteiger partial charge in [0, 0.05) is 10.4 Å². The van der Waals surface area contributed by atoms with Gasteiger partial charge in [0.25, 0.3) is 0 Å². The molecule has 0 spiro atoms. The summed E-state index contributed by atoms with van der Waals surface area (Å²) in [6.45, 7) is 0. The van der Waals surface area contributed by atoms with Gasteiger partial charge in [-0.3, -0.25) is 0 Å². The summed E-state index contributed by atoms with van der Waals surface area (Å²) in [7, 11) is 0. The molecule has 0 aromatic rings. The van der Waals surface area contributed by atoms with E-state index in [9.17, 15) is 0 Å². The molecule has 0 aliphatic heterocycles. The van der Waals surface area contributed by atoms with E-state index >= 15 is 0 Å². The summed E-state index contributed by atoms with van der Waals surface area (Å²) in [6.07, 6.45) is 4.79. The minimum atomic E-state index is 0.396. The molecule has 11 heavy (non-hydrogen) atoms. The van der Waals surface area contributed by atoms with Crippen molar-refractivity contribution in [3.05, 3.63) is 11.1 Å². The standard InChI is InChI=1S/C9H10Cl2/c10-8-3-7-5-1-4(9(7)11)2-6(5)8/h3-7,9H,1-2H2/t4-,5+,6-,7-,9+/m1/s1. The second-order valence-electron chi connectivity index (χ2n) is 4.08. The number of alkyl halides is 1. The van der Waals surface area contributed by atoms with E-state index in [-0.39, 0.29) is 0 Å². The Morgan fingerprint density at radius 2 is 2.18 bits per heavy atom. The van der Waals surface area contributed by atoms with Gasteiger partial charge < -0.3 is 0 Å². The topological polar surface area (TPSA) is 0 Å². The molecule has 0 unspecified atom stereocenters. The molecule has 0 nitrogen and oxygen atoms in total. The second-order valence-corrected chi connectivity index (χ2v) is 5.02. The quantitative estimate of drug-likeness (QED) is 0.514. The van der Waals surface area contributed by atoms with Gasteiger partial charge >= 0.3 is 0 Å². The molecule has 2 fully saturated rings. The van der Waals surface area contributed by atoms with Gasteiger partial charge in [-0.1, -0.05) is 17.7 Å². The number of rotatable bonds is 0. The van der Waals surface area contributed by atoms with Crippen LogP contribution in [0.2, 0.25) is 0 Å². The molecule has 0 aromatic carbocycles. The fourth-order valence-corrected chi connectivity index (χ4v) is 4.05. The minimum absolute atomic E-state index is 0.396. The van der Waals surface area contributed by atoms with Crippen molar-refractivity contribution in [2.75, 3.05) is 0 Å². The molecule has 2 heteroatoms. The molecule has 3 rings (SSSR count). The molecular formula is C9H10Cl2. The predicted octanol–water partition coefficient (Wildman–Crippen LogP) is 3.00. The Morgan fingerprint density at radius 1 is 1.36 bits per heavy atom. The van der Waals surface area contributed by atoms with E-state index in [4.69, 9.17) is 23.2 Å². The largest absolute Gasteiger partial charge is 0.122 e. The zero-order valence-corrected chi connectivity index (χ0v) is 7.65. The van der Waals surface area contributed by atoms with Crippen LogP contribution in [0, 0.1) is 23.7 Å². The van der Waals surface area contributed by atoms with Crippen LogP contribution in [0.4, 0.5) is 0 Å². The van der Waals surface area contributed by atoms with Gasteiger partial charge in [-0.2, -0.15) is 0 Å². The van der Waals surface area contributed by atoms with Crippen molar-refractivity contribution in [1.29, 1.82) is 0 Å². The Kier molecular flexibility index (Phi) is 1.22. The van der Waals surface area contributed by atoms with E-state index in [1.54, 1.807) is 0 Å². The average molecular weight is 189 g/mol. The summed E-state index contributed by atoms with van der Waals surface area (Å²) < 4.78 is 0. The second kappa shape index (κ2) is 1.97. The molecule has 2 saturated carbocycles. The van der Waals surface area contributed by atoms with Gasteiger partial charge in [-0.05, 0) is 36.5 Å². The average Bonchev–Trinajstić information content (AvgIpc) is 2.53. The Labute approximate surface area is 76.6 Å². The van der Waals surface area contributed by atoms with Crippen molar-refractivity contribution >= 4 is 23.2 Å². The Morgan fingerprint density at radius 3 is 2.82 bits per heavy atom. The Hall–Kier alpha value is 0.320. The first-order valence-electron chi connectivity index (χ1n) is 4.28. The molecule has 0 radical (unpaired) electrons. The molecule has 5 atom stereocenters. The van der Waals surface area contributed by atoms with Crippen molar-refractivity contribution < 1.29 is 0 Å². The van der Waals surface area contributed by atoms with Crippen LogP contribution in [-0.2, 0) is 0 Å². The molecule has 2 bridgehead atoms. The normalized spacial score (nSPS) is 58.7. The Balaban J connectivity index is 2.06. The van der Waals surface area contributed by atoms with Gasteiger partial charge in [-0.15, -0.1) is 11.6 Å². The van der Waals surface area contributed by atoms with Crippen molar-refractivity contribution in [2.45, 2.75) is 18.2 Å². The van der Waals surface area contributed by atoms with Crippen LogP contribution >= 0.6 is 23.2 Å². The third-order valence-corrected chi connectivity index (χ3v) is 4.72. The maximum atomic E-state index is 6.26. The lowest BCUT2D eigenvalue weighted by Gasteiger charge is -2.23. The van der Waals surface area contributed by atoms with Crippen molar-refractivity contribution in [2.24, 2.45) is 23.7 Å². The van der Waals surface area contributed by atoms with Crippen LogP contribution in [0.3, 0.4) is 0 Å². The molecule has 0 N–H and O–H groups in total. The molecule has 0 amide bonds. The van der Waals surface area contributed by atoms with Crippen LogP contribution in [0.5, 0.6) is 0 Å². The smallest absolute Gasteiger partial charge is 0.0430 e. The first-order chi connectivity index (χ1) is 5.27. The first kappa shape index (κ1) is 6.80. The number of allylic oxidation sites excluding steroid dienone is 2. The molecule has 0 heterocycles. The summed E-state index contributed by atoms with van der Waals surface area (Å²) in [6, 6.07) is 0. The van der Waals surface area contributed by atoms with E-state index in [1.165, 1.54) is 12.8 Å². The van der Waals surface area contributed by atoms with E-state index in [0.29, 0.717) is 17.2 Å². The third-order valence-electron chi connectivity index (χ3n) is 3.67. The fraction of sp³-hybridized carbons (Fsp3) is 0.778. The lowest BCUT2D eigenvalue weighted by molar-refractivity contribution is 0.358. The van der Waals surface area contributed by atoms with Crippen LogP contribution in [-0.4, -0.2) is 5.38 Å². The van der Waals surface area contributed by atoms with E-state index < -0.39 is 0 Å². The highest BCUT2D eigenvalue weighted by atomic mass is 35.5. The maximum absolute atomic E-state index is 6.26. The highest BCUT2D eigenvalue weighted by Gasteiger charge is 2.55. The number of fused-ring (bicyclic) bond motifs is 1. The number of hydrogen-bond donors (Lipinski definition) is 0. The van der Waals surface area contributed by atoms with Crippen LogP contribution in [0.25, 0.3) is 0 Å². The molecule has 3 aliphatic carbocycles. The molecule has 0 saturated heterocycles. The van der Waals surface area contributed by atoms with Crippen LogP contribution in [0.1, 0.15) is 12.8 Å². The predicted molar refractivity (Wildman–Crippen MR) is 46.8 cm³/mol. The molecular weight excluding hydrogens is 179 g/mol. The minimum Gasteiger partial charge on any atom is -0.122 e. The maximum Gasteiger partial charge on any atom is 0.0430 e. The number of hydrogen-bond acceptors (Lipinski definition) is 0. The highest BCUT2D eigenvalue weighted by molar-refractivity contribution is 6.30. The third kappa shape index (κ3) is 0.684. The van der Waals surface area contributed by atoms with Crippen LogP contribution in [0.15, 0.2) is 11.1 Å². The zero-order valence-electron chi connectivity index (χ0n) is 6.13. The van der Waals surface area contributed by atoms with Gasteiger partial charge in [0.1, 0.15) is 0 Å². The summed E-state index contributed by atoms with van der Waals surface area (Å²) in [5, 5.41) is 1.50. The van der Waals surface area contributed by atoms with Gasteiger partial charge in [0.05, 0.1) is 0 Å². The first-order valence-corrected chi connectivity index (χ1v) is 5.10. The summed E-state index contributed by atoms with van der Waals surface area (Å²) in [4.78, 5) is 0. The van der Waals surface area contributed by atoms with E-state index in [0.717, 1.165) is 16.9 Å². The van der Waals surface area contributed by atoms with Gasteiger partial charge in [0.15, 0.2) is 0 Å². The van der Waals surface area contributed by atoms with Crippen LogP contribution < -0.4 is 0 Å². The zero-order chi connectivity index (χ0) is 7.59. The van der Waals surface area contributed by atoms with Crippen molar-refractivity contribution in [1.82, 2.24) is 0 Å². The van der Waals surface area contributed by atoms with E-state index in [2.05, 4.69) is 6.08 Å². The summed E-state index contributed by atoms with van der Waals surface area (Å²) in [5.41, 5.74) is 0. The SMILES string of the molecule is ClC1=C[C@H]2[C@@H](Cl)[C@@H]3C[C@H]2[C@H]1C3. The lowest BCUT2D eigenvalue weighted by atomic mass is 9.87. The molecule has 0 aromatic heterocycles. The lowest BCUT2D eigenvalue weighted by Crippen LogP contribution is -2.21. The summed E-state index contributed by atoms with van der Waals surface area (Å²) >= 11 is 12.4.